The predicted octanol–water partition coefficient (Wildman–Crippen LogP) is 3.01. The molecular weight excluding hydrogens is 216 g/mol. The predicted molar refractivity (Wildman–Crippen MR) is 59.4 cm³/mol. The van der Waals surface area contributed by atoms with E-state index in [0.717, 1.165) is 29.3 Å². The summed E-state index contributed by atoms with van der Waals surface area (Å²) in [5.41, 5.74) is 0.927. The number of aromatic nitrogens is 1. The van der Waals surface area contributed by atoms with Crippen LogP contribution >= 0.6 is 23.1 Å². The van der Waals surface area contributed by atoms with Crippen molar-refractivity contribution in [2.24, 2.45) is 5.16 Å². The molecule has 0 saturated heterocycles. The molecule has 0 amide bonds. The van der Waals surface area contributed by atoms with E-state index in [1.807, 2.05) is 11.6 Å². The maximum Gasteiger partial charge on any atom is 0.150 e. The first-order valence-electron chi connectivity index (χ1n) is 4.67. The van der Waals surface area contributed by atoms with Gasteiger partial charge in [-0.2, -0.15) is 0 Å². The van der Waals surface area contributed by atoms with E-state index in [2.05, 4.69) is 10.1 Å². The quantitative estimate of drug-likeness (QED) is 0.625. The van der Waals surface area contributed by atoms with Crippen LogP contribution in [0.3, 0.4) is 0 Å². The zero-order valence-electron chi connectivity index (χ0n) is 7.72. The third-order valence-electron chi connectivity index (χ3n) is 2.30. The van der Waals surface area contributed by atoms with E-state index >= 15 is 0 Å². The molecule has 3 nitrogen and oxygen atoms in total. The van der Waals surface area contributed by atoms with Gasteiger partial charge in [-0.25, -0.2) is 4.98 Å². The van der Waals surface area contributed by atoms with Crippen LogP contribution in [0.2, 0.25) is 0 Å². The van der Waals surface area contributed by atoms with Crippen molar-refractivity contribution in [3.8, 4) is 0 Å². The number of rotatable bonds is 2. The molecule has 1 aliphatic rings. The second-order valence-corrected chi connectivity index (χ2v) is 5.59. The van der Waals surface area contributed by atoms with Gasteiger partial charge in [-0.05, 0) is 19.3 Å². The van der Waals surface area contributed by atoms with Crippen molar-refractivity contribution in [2.45, 2.75) is 35.3 Å². The van der Waals surface area contributed by atoms with E-state index in [-0.39, 0.29) is 0 Å². The van der Waals surface area contributed by atoms with Gasteiger partial charge in [0.25, 0.3) is 0 Å². The lowest BCUT2D eigenvalue weighted by Gasteiger charge is -2.20. The molecule has 0 bridgehead atoms. The van der Waals surface area contributed by atoms with E-state index in [1.165, 1.54) is 6.42 Å². The van der Waals surface area contributed by atoms with Gasteiger partial charge in [0.05, 0.1) is 11.0 Å². The van der Waals surface area contributed by atoms with Gasteiger partial charge in [0.1, 0.15) is 4.34 Å². The molecule has 1 heterocycles. The Kier molecular flexibility index (Phi) is 3.42. The largest absolute Gasteiger partial charge is 0.411 e. The van der Waals surface area contributed by atoms with E-state index in [9.17, 15) is 0 Å². The molecular formula is C9H12N2OS2. The fourth-order valence-corrected chi connectivity index (χ4v) is 3.64. The number of hydrogen-bond donors (Lipinski definition) is 1. The normalized spacial score (nSPS) is 25.4. The van der Waals surface area contributed by atoms with Crippen molar-refractivity contribution in [1.82, 2.24) is 4.98 Å². The Bertz CT molecular complexity index is 311. The number of hydrogen-bond acceptors (Lipinski definition) is 5. The van der Waals surface area contributed by atoms with Crippen LogP contribution in [0.25, 0.3) is 0 Å². The van der Waals surface area contributed by atoms with Gasteiger partial charge in [0.15, 0.2) is 0 Å². The van der Waals surface area contributed by atoms with Crippen LogP contribution in [0.4, 0.5) is 0 Å². The standard InChI is InChI=1S/C9H12N2OS2/c12-11-7-3-1-2-4-8(7)14-9-10-5-6-13-9/h5-6,8,12H,1-4H2/b11-7+/t8-/m0/s1. The highest BCUT2D eigenvalue weighted by molar-refractivity contribution is 8.02. The van der Waals surface area contributed by atoms with Crippen molar-refractivity contribution >= 4 is 28.8 Å². The van der Waals surface area contributed by atoms with Crippen molar-refractivity contribution in [3.05, 3.63) is 11.6 Å². The van der Waals surface area contributed by atoms with Gasteiger partial charge in [0.2, 0.25) is 0 Å². The molecule has 1 fully saturated rings. The molecule has 14 heavy (non-hydrogen) atoms. The number of nitrogens with zero attached hydrogens (tertiary/aromatic N) is 2. The summed E-state index contributed by atoms with van der Waals surface area (Å²) in [6, 6.07) is 0. The zero-order valence-corrected chi connectivity index (χ0v) is 9.35. The molecule has 1 N–H and O–H groups in total. The molecule has 1 atom stereocenters. The van der Waals surface area contributed by atoms with Gasteiger partial charge < -0.3 is 5.21 Å². The third-order valence-corrected chi connectivity index (χ3v) is 4.54. The van der Waals surface area contributed by atoms with Crippen LogP contribution in [0.15, 0.2) is 21.1 Å². The Balaban J connectivity index is 2.02. The van der Waals surface area contributed by atoms with Crippen LogP contribution in [0, 0.1) is 0 Å². The van der Waals surface area contributed by atoms with Gasteiger partial charge in [-0.3, -0.25) is 0 Å². The summed E-state index contributed by atoms with van der Waals surface area (Å²) in [6.07, 6.45) is 6.21. The highest BCUT2D eigenvalue weighted by Crippen LogP contribution is 2.33. The highest BCUT2D eigenvalue weighted by Gasteiger charge is 2.22. The molecule has 5 heteroatoms. The summed E-state index contributed by atoms with van der Waals surface area (Å²) in [5.74, 6) is 0. The van der Waals surface area contributed by atoms with Crippen LogP contribution in [-0.2, 0) is 0 Å². The molecule has 0 aliphatic heterocycles. The number of oxime groups is 1. The molecule has 1 aromatic heterocycles. The van der Waals surface area contributed by atoms with Crippen LogP contribution < -0.4 is 0 Å². The highest BCUT2D eigenvalue weighted by atomic mass is 32.2. The van der Waals surface area contributed by atoms with Crippen LogP contribution in [-0.4, -0.2) is 21.2 Å². The molecule has 0 radical (unpaired) electrons. The summed E-state index contributed by atoms with van der Waals surface area (Å²) in [5, 5.41) is 14.5. The second kappa shape index (κ2) is 4.79. The maximum atomic E-state index is 8.85. The zero-order chi connectivity index (χ0) is 9.80. The smallest absolute Gasteiger partial charge is 0.150 e. The van der Waals surface area contributed by atoms with Gasteiger partial charge in [-0.1, -0.05) is 23.3 Å². The summed E-state index contributed by atoms with van der Waals surface area (Å²) < 4.78 is 1.07. The maximum absolute atomic E-state index is 8.85. The van der Waals surface area contributed by atoms with Gasteiger partial charge >= 0.3 is 0 Å². The average Bonchev–Trinajstić information content (AvgIpc) is 2.71. The Morgan fingerprint density at radius 2 is 2.50 bits per heavy atom. The molecule has 0 unspecified atom stereocenters. The van der Waals surface area contributed by atoms with Crippen molar-refractivity contribution in [3.63, 3.8) is 0 Å². The molecule has 76 valence electrons. The lowest BCUT2D eigenvalue weighted by Crippen LogP contribution is -2.21. The van der Waals surface area contributed by atoms with E-state index < -0.39 is 0 Å². The second-order valence-electron chi connectivity index (χ2n) is 3.24. The Labute approximate surface area is 91.2 Å². The Hall–Kier alpha value is -0.550. The number of thiazole rings is 1. The van der Waals surface area contributed by atoms with Crippen LogP contribution in [0.1, 0.15) is 25.7 Å². The Morgan fingerprint density at radius 1 is 1.57 bits per heavy atom. The minimum absolute atomic E-state index is 0.333. The van der Waals surface area contributed by atoms with E-state index in [0.29, 0.717) is 5.25 Å². The van der Waals surface area contributed by atoms with Crippen molar-refractivity contribution in [2.75, 3.05) is 0 Å². The van der Waals surface area contributed by atoms with Gasteiger partial charge in [0, 0.05) is 11.6 Å². The molecule has 1 saturated carbocycles. The van der Waals surface area contributed by atoms with Crippen LogP contribution in [0.5, 0.6) is 0 Å². The first-order chi connectivity index (χ1) is 6.90. The third kappa shape index (κ3) is 2.27. The lowest BCUT2D eigenvalue weighted by atomic mass is 9.98. The minimum atomic E-state index is 0.333. The first-order valence-corrected chi connectivity index (χ1v) is 6.43. The van der Waals surface area contributed by atoms with Gasteiger partial charge in [-0.15, -0.1) is 11.3 Å². The minimum Gasteiger partial charge on any atom is -0.411 e. The topological polar surface area (TPSA) is 45.5 Å². The summed E-state index contributed by atoms with van der Waals surface area (Å²) in [6.45, 7) is 0. The first kappa shape index (κ1) is 9.98. The number of thioether (sulfide) groups is 1. The van der Waals surface area contributed by atoms with E-state index in [1.54, 1.807) is 23.1 Å². The lowest BCUT2D eigenvalue weighted by molar-refractivity contribution is 0.314. The van der Waals surface area contributed by atoms with Crippen molar-refractivity contribution < 1.29 is 5.21 Å². The molecule has 1 aromatic rings. The fourth-order valence-electron chi connectivity index (χ4n) is 1.60. The molecule has 2 rings (SSSR count). The average molecular weight is 228 g/mol. The summed E-state index contributed by atoms with van der Waals surface area (Å²) in [4.78, 5) is 4.22. The Morgan fingerprint density at radius 3 is 3.21 bits per heavy atom. The van der Waals surface area contributed by atoms with E-state index in [4.69, 9.17) is 5.21 Å². The molecule has 1 aliphatic carbocycles. The molecule has 0 aromatic carbocycles. The SMILES string of the molecule is O/N=C1\CCCC[C@@H]1Sc1nccs1. The summed E-state index contributed by atoms with van der Waals surface area (Å²) in [7, 11) is 0. The van der Waals surface area contributed by atoms with Crippen molar-refractivity contribution in [1.29, 1.82) is 0 Å². The monoisotopic (exact) mass is 228 g/mol. The molecule has 0 spiro atoms. The summed E-state index contributed by atoms with van der Waals surface area (Å²) >= 11 is 3.36. The fraction of sp³-hybridized carbons (Fsp3) is 0.556.